The van der Waals surface area contributed by atoms with E-state index in [0.717, 1.165) is 33.4 Å². The number of thiophene rings is 1. The summed E-state index contributed by atoms with van der Waals surface area (Å²) in [6, 6.07) is 4.90. The van der Waals surface area contributed by atoms with E-state index in [1.54, 1.807) is 17.5 Å². The number of hydrogen-bond donors (Lipinski definition) is 4. The summed E-state index contributed by atoms with van der Waals surface area (Å²) in [7, 11) is 0. The lowest BCUT2D eigenvalue weighted by Gasteiger charge is -2.23. The van der Waals surface area contributed by atoms with Crippen molar-refractivity contribution in [1.82, 2.24) is 19.9 Å². The molecule has 1 saturated heterocycles. The molecule has 0 bridgehead atoms. The SMILES string of the molecule is O=C(Nc1ccc(F)c(C(=O)N2CCC[C@@H]2CO)c1)Nc1ncc(CCNc2ncnc3ccsc23)s1. The van der Waals surface area contributed by atoms with Crippen molar-refractivity contribution in [3.8, 4) is 0 Å². The standard InChI is InChI=1S/C24H24FN7O3S2/c25-18-4-3-14(10-17(18)22(34)32-8-1-2-15(32)12-33)30-23(35)31-24-27-11-16(37-24)5-7-26-21-20-19(6-9-36-20)28-13-29-21/h3-4,6,9-11,13,15,33H,1-2,5,7-8,12H2,(H,26,28,29)(H2,27,30,31,35)/t15-/m1/s1. The molecule has 0 spiro atoms. The van der Waals surface area contributed by atoms with Crippen molar-refractivity contribution in [1.29, 1.82) is 0 Å². The monoisotopic (exact) mass is 541 g/mol. The Balaban J connectivity index is 1.15. The Morgan fingerprint density at radius 2 is 2.08 bits per heavy atom. The fourth-order valence-corrected chi connectivity index (χ4v) is 5.79. The van der Waals surface area contributed by atoms with E-state index < -0.39 is 17.8 Å². The summed E-state index contributed by atoms with van der Waals surface area (Å²) >= 11 is 2.92. The molecule has 1 fully saturated rings. The summed E-state index contributed by atoms with van der Waals surface area (Å²) in [5.41, 5.74) is 1.03. The summed E-state index contributed by atoms with van der Waals surface area (Å²) in [5, 5.41) is 20.5. The fraction of sp³-hybridized carbons (Fsp3) is 0.292. The minimum atomic E-state index is -0.681. The van der Waals surface area contributed by atoms with E-state index in [0.29, 0.717) is 31.1 Å². The number of likely N-dealkylation sites (tertiary alicyclic amines) is 1. The van der Waals surface area contributed by atoms with Gasteiger partial charge in [-0.05, 0) is 42.5 Å². The number of carbonyl (C=O) groups is 2. The van der Waals surface area contributed by atoms with Crippen LogP contribution in [0, 0.1) is 5.82 Å². The number of fused-ring (bicyclic) bond motifs is 1. The smallest absolute Gasteiger partial charge is 0.325 e. The van der Waals surface area contributed by atoms with Gasteiger partial charge >= 0.3 is 6.03 Å². The summed E-state index contributed by atoms with van der Waals surface area (Å²) in [6.45, 7) is 0.929. The van der Waals surface area contributed by atoms with Crippen LogP contribution in [0.2, 0.25) is 0 Å². The van der Waals surface area contributed by atoms with E-state index in [1.807, 2.05) is 11.4 Å². The highest BCUT2D eigenvalue weighted by atomic mass is 32.1. The van der Waals surface area contributed by atoms with Crippen LogP contribution in [0.3, 0.4) is 0 Å². The zero-order chi connectivity index (χ0) is 25.8. The zero-order valence-corrected chi connectivity index (χ0v) is 21.2. The van der Waals surface area contributed by atoms with Crippen LogP contribution in [0.1, 0.15) is 28.1 Å². The van der Waals surface area contributed by atoms with Gasteiger partial charge in [0.05, 0.1) is 28.4 Å². The van der Waals surface area contributed by atoms with Gasteiger partial charge in [0, 0.05) is 36.3 Å². The molecule has 1 aliphatic rings. The molecule has 1 aliphatic heterocycles. The molecule has 0 aliphatic carbocycles. The van der Waals surface area contributed by atoms with Crippen molar-refractivity contribution in [2.24, 2.45) is 0 Å². The number of aliphatic hydroxyl groups is 1. The number of aliphatic hydroxyl groups excluding tert-OH is 1. The van der Waals surface area contributed by atoms with Gasteiger partial charge in [-0.3, -0.25) is 10.1 Å². The second-order valence-corrected chi connectivity index (χ2v) is 10.4. The van der Waals surface area contributed by atoms with E-state index in [-0.39, 0.29) is 23.9 Å². The number of urea groups is 1. The summed E-state index contributed by atoms with van der Waals surface area (Å²) in [5.74, 6) is -0.395. The van der Waals surface area contributed by atoms with Crippen molar-refractivity contribution in [3.63, 3.8) is 0 Å². The topological polar surface area (TPSA) is 132 Å². The van der Waals surface area contributed by atoms with Gasteiger partial charge in [0.25, 0.3) is 5.91 Å². The van der Waals surface area contributed by atoms with Gasteiger partial charge in [-0.25, -0.2) is 24.1 Å². The Bertz CT molecular complexity index is 1430. The molecule has 3 aromatic heterocycles. The normalized spacial score (nSPS) is 15.2. The number of hydrogen-bond acceptors (Lipinski definition) is 9. The molecule has 37 heavy (non-hydrogen) atoms. The first-order chi connectivity index (χ1) is 18.0. The number of thiazole rings is 1. The Hall–Kier alpha value is -3.68. The van der Waals surface area contributed by atoms with Crippen LogP contribution in [0.4, 0.5) is 25.8 Å². The Labute approximate surface area is 219 Å². The number of carbonyl (C=O) groups excluding carboxylic acids is 2. The lowest BCUT2D eigenvalue weighted by atomic mass is 10.1. The molecule has 0 unspecified atom stereocenters. The highest BCUT2D eigenvalue weighted by Crippen LogP contribution is 2.26. The number of nitrogens with zero attached hydrogens (tertiary/aromatic N) is 4. The maximum atomic E-state index is 14.4. The summed E-state index contributed by atoms with van der Waals surface area (Å²) in [4.78, 5) is 40.5. The van der Waals surface area contributed by atoms with E-state index >= 15 is 0 Å². The minimum Gasteiger partial charge on any atom is -0.394 e. The molecule has 0 saturated carbocycles. The molecule has 10 nitrogen and oxygen atoms in total. The molecule has 1 aromatic carbocycles. The van der Waals surface area contributed by atoms with Gasteiger partial charge in [-0.1, -0.05) is 0 Å². The van der Waals surface area contributed by atoms with Gasteiger partial charge in [-0.2, -0.15) is 0 Å². The number of nitrogens with one attached hydrogen (secondary N) is 3. The fourth-order valence-electron chi connectivity index (χ4n) is 4.17. The average molecular weight is 542 g/mol. The minimum absolute atomic E-state index is 0.148. The zero-order valence-electron chi connectivity index (χ0n) is 19.6. The maximum absolute atomic E-state index is 14.4. The van der Waals surface area contributed by atoms with Gasteiger partial charge in [-0.15, -0.1) is 22.7 Å². The van der Waals surface area contributed by atoms with Crippen LogP contribution in [0.5, 0.6) is 0 Å². The number of amides is 3. The second kappa shape index (κ2) is 11.2. The van der Waals surface area contributed by atoms with Crippen molar-refractivity contribution in [2.75, 3.05) is 35.6 Å². The number of halogens is 1. The number of rotatable bonds is 8. The van der Waals surface area contributed by atoms with Crippen LogP contribution in [0.25, 0.3) is 10.2 Å². The van der Waals surface area contributed by atoms with E-state index in [1.165, 1.54) is 34.7 Å². The van der Waals surface area contributed by atoms with Crippen molar-refractivity contribution < 1.29 is 19.1 Å². The van der Waals surface area contributed by atoms with E-state index in [2.05, 4.69) is 30.9 Å². The van der Waals surface area contributed by atoms with Gasteiger partial charge in [0.15, 0.2) is 5.13 Å². The third-order valence-corrected chi connectivity index (χ3v) is 7.87. The van der Waals surface area contributed by atoms with Crippen molar-refractivity contribution in [3.05, 3.63) is 58.4 Å². The molecule has 3 amide bonds. The first-order valence-corrected chi connectivity index (χ1v) is 13.4. The van der Waals surface area contributed by atoms with Crippen LogP contribution in [-0.4, -0.2) is 62.6 Å². The average Bonchev–Trinajstić information content (AvgIpc) is 3.66. The van der Waals surface area contributed by atoms with E-state index in [9.17, 15) is 19.1 Å². The highest BCUT2D eigenvalue weighted by Gasteiger charge is 2.30. The quantitative estimate of drug-likeness (QED) is 0.263. The molecule has 4 heterocycles. The highest BCUT2D eigenvalue weighted by molar-refractivity contribution is 7.17. The van der Waals surface area contributed by atoms with Gasteiger partial charge < -0.3 is 20.6 Å². The van der Waals surface area contributed by atoms with Crippen LogP contribution < -0.4 is 16.0 Å². The van der Waals surface area contributed by atoms with Crippen molar-refractivity contribution in [2.45, 2.75) is 25.3 Å². The largest absolute Gasteiger partial charge is 0.394 e. The second-order valence-electron chi connectivity index (χ2n) is 8.42. The van der Waals surface area contributed by atoms with Gasteiger partial charge in [0.1, 0.15) is 18.0 Å². The number of anilines is 3. The summed E-state index contributed by atoms with van der Waals surface area (Å²) in [6.07, 6.45) is 5.35. The molecule has 4 aromatic rings. The molecule has 13 heteroatoms. The predicted octanol–water partition coefficient (Wildman–Crippen LogP) is 4.18. The number of aromatic nitrogens is 3. The molecule has 5 rings (SSSR count). The van der Waals surface area contributed by atoms with Crippen LogP contribution in [0.15, 0.2) is 42.2 Å². The van der Waals surface area contributed by atoms with Crippen molar-refractivity contribution >= 4 is 61.5 Å². The number of benzene rings is 1. The first kappa shape index (κ1) is 25.0. The third-order valence-electron chi connectivity index (χ3n) is 5.98. The van der Waals surface area contributed by atoms with E-state index in [4.69, 9.17) is 0 Å². The Morgan fingerprint density at radius 1 is 1.19 bits per heavy atom. The lowest BCUT2D eigenvalue weighted by molar-refractivity contribution is 0.0673. The van der Waals surface area contributed by atoms with Gasteiger partial charge in [0.2, 0.25) is 0 Å². The predicted molar refractivity (Wildman–Crippen MR) is 142 cm³/mol. The molecule has 0 radical (unpaired) electrons. The van der Waals surface area contributed by atoms with Crippen LogP contribution in [-0.2, 0) is 6.42 Å². The van der Waals surface area contributed by atoms with Crippen LogP contribution >= 0.6 is 22.7 Å². The molecule has 192 valence electrons. The molecular weight excluding hydrogens is 517 g/mol. The Morgan fingerprint density at radius 3 is 2.95 bits per heavy atom. The molecular formula is C24H24FN7O3S2. The molecule has 1 atom stereocenters. The summed E-state index contributed by atoms with van der Waals surface area (Å²) < 4.78 is 15.4. The lowest BCUT2D eigenvalue weighted by Crippen LogP contribution is -2.38. The Kier molecular flexibility index (Phi) is 7.53. The molecule has 4 N–H and O–H groups in total. The maximum Gasteiger partial charge on any atom is 0.325 e. The third kappa shape index (κ3) is 5.68. The first-order valence-electron chi connectivity index (χ1n) is 11.7.